The van der Waals surface area contributed by atoms with Crippen LogP contribution in [0.3, 0.4) is 0 Å². The van der Waals surface area contributed by atoms with Crippen LogP contribution in [0.1, 0.15) is 59.7 Å². The van der Waals surface area contributed by atoms with E-state index in [2.05, 4.69) is 17.2 Å². The summed E-state index contributed by atoms with van der Waals surface area (Å²) in [5.74, 6) is 3.94. The number of likely N-dealkylation sites (N-methyl/N-ethyl adjacent to an activating group) is 2. The summed E-state index contributed by atoms with van der Waals surface area (Å²) in [7, 11) is 2.67. The lowest BCUT2D eigenvalue weighted by Crippen LogP contribution is -2.62. The fourth-order valence-electron chi connectivity index (χ4n) is 3.69. The second kappa shape index (κ2) is 13.1. The molecule has 0 saturated heterocycles. The number of alkyl halides is 3. The number of nitrogens with zero attached hydrogens (tertiary/aromatic N) is 1. The Labute approximate surface area is 214 Å². The highest BCUT2D eigenvalue weighted by molar-refractivity contribution is 6.14. The fourth-order valence-corrected chi connectivity index (χ4v) is 3.69. The molecule has 1 atom stereocenters. The minimum absolute atomic E-state index is 0.141. The normalized spacial score (nSPS) is 12.6. The molecule has 0 aliphatic rings. The van der Waals surface area contributed by atoms with E-state index < -0.39 is 42.3 Å². The lowest BCUT2D eigenvalue weighted by molar-refractivity contribution is -0.143. The molecule has 6 nitrogen and oxygen atoms in total. The lowest BCUT2D eigenvalue weighted by Gasteiger charge is -2.35. The summed E-state index contributed by atoms with van der Waals surface area (Å²) in [6, 6.07) is 13.9. The first-order valence-electron chi connectivity index (χ1n) is 11.8. The van der Waals surface area contributed by atoms with E-state index in [9.17, 15) is 32.7 Å². The van der Waals surface area contributed by atoms with Crippen LogP contribution in [0.5, 0.6) is 0 Å². The molecule has 0 aliphatic carbocycles. The Morgan fingerprint density at radius 2 is 1.46 bits per heavy atom. The van der Waals surface area contributed by atoms with Crippen LogP contribution in [0.4, 0.5) is 13.2 Å². The molecule has 2 rings (SSSR count). The van der Waals surface area contributed by atoms with Gasteiger partial charge in [0.25, 0.3) is 11.8 Å². The summed E-state index contributed by atoms with van der Waals surface area (Å²) in [4.78, 5) is 38.5. The van der Waals surface area contributed by atoms with E-state index in [4.69, 9.17) is 0 Å². The minimum Gasteiger partial charge on any atom is -0.388 e. The van der Waals surface area contributed by atoms with Crippen LogP contribution in [0.25, 0.3) is 0 Å². The molecule has 2 amide bonds. The molecule has 37 heavy (non-hydrogen) atoms. The van der Waals surface area contributed by atoms with Gasteiger partial charge in [-0.1, -0.05) is 30.4 Å². The number of hydrogen-bond donors (Lipinski definition) is 2. The van der Waals surface area contributed by atoms with Gasteiger partial charge in [0.05, 0.1) is 0 Å². The zero-order valence-electron chi connectivity index (χ0n) is 21.1. The molecular weight excluding hydrogens is 485 g/mol. The molecule has 2 aromatic rings. The van der Waals surface area contributed by atoms with Gasteiger partial charge in [0.2, 0.25) is 0 Å². The highest BCUT2D eigenvalue weighted by Gasteiger charge is 2.46. The summed E-state index contributed by atoms with van der Waals surface area (Å²) >= 11 is 0. The average Bonchev–Trinajstić information content (AvgIpc) is 2.89. The smallest absolute Gasteiger partial charge is 0.388 e. The SMILES string of the molecule is CNC(=O)[C@@](C)(C(=O)CO)N(C)C(=O)c1ccc(C#Cc2ccc(CCCCCC(F)(F)F)cc2)cc1. The molecule has 0 unspecified atom stereocenters. The van der Waals surface area contributed by atoms with Gasteiger partial charge in [-0.15, -0.1) is 0 Å². The van der Waals surface area contributed by atoms with Crippen LogP contribution in [0, 0.1) is 11.8 Å². The Kier molecular flexibility index (Phi) is 10.4. The van der Waals surface area contributed by atoms with E-state index >= 15 is 0 Å². The van der Waals surface area contributed by atoms with Crippen molar-refractivity contribution in [3.63, 3.8) is 0 Å². The summed E-state index contributed by atoms with van der Waals surface area (Å²) in [5.41, 5.74) is 0.827. The van der Waals surface area contributed by atoms with E-state index in [1.54, 1.807) is 24.3 Å². The standard InChI is InChI=1S/C28H31F3N2O4/c1-27(24(35)19-34,26(37)32-2)33(3)25(36)23-16-14-22(15-17-23)13-12-21-10-8-20(9-11-21)7-5-4-6-18-28(29,30)31/h8-11,14-17,34H,4-7,18-19H2,1-3H3,(H,32,37)/t27-/m1/s1. The molecular formula is C28H31F3N2O4. The molecule has 2 aromatic carbocycles. The molecule has 0 aromatic heterocycles. The van der Waals surface area contributed by atoms with Crippen molar-refractivity contribution >= 4 is 17.6 Å². The van der Waals surface area contributed by atoms with E-state index in [0.717, 1.165) is 16.0 Å². The number of rotatable bonds is 10. The van der Waals surface area contributed by atoms with Crippen molar-refractivity contribution in [2.24, 2.45) is 0 Å². The van der Waals surface area contributed by atoms with Crippen LogP contribution in [-0.4, -0.2) is 60.0 Å². The highest BCUT2D eigenvalue weighted by atomic mass is 19.4. The van der Waals surface area contributed by atoms with Gasteiger partial charge in [0, 0.05) is 37.2 Å². The Morgan fingerprint density at radius 1 is 0.919 bits per heavy atom. The molecule has 9 heteroatoms. The van der Waals surface area contributed by atoms with Crippen molar-refractivity contribution in [1.29, 1.82) is 0 Å². The van der Waals surface area contributed by atoms with Gasteiger partial charge in [-0.05, 0) is 68.1 Å². The first-order valence-corrected chi connectivity index (χ1v) is 11.8. The first kappa shape index (κ1) is 29.6. The second-order valence-corrected chi connectivity index (χ2v) is 8.80. The molecule has 0 aliphatic heterocycles. The van der Waals surface area contributed by atoms with Gasteiger partial charge in [0.15, 0.2) is 11.3 Å². The van der Waals surface area contributed by atoms with E-state index in [1.165, 1.54) is 21.0 Å². The molecule has 0 spiro atoms. The van der Waals surface area contributed by atoms with Crippen LogP contribution in [0.2, 0.25) is 0 Å². The van der Waals surface area contributed by atoms with Gasteiger partial charge >= 0.3 is 6.18 Å². The van der Waals surface area contributed by atoms with Crippen molar-refractivity contribution in [3.8, 4) is 11.8 Å². The zero-order valence-corrected chi connectivity index (χ0v) is 21.1. The number of amides is 2. The maximum absolute atomic E-state index is 12.9. The number of carbonyl (C=O) groups excluding carboxylic acids is 3. The highest BCUT2D eigenvalue weighted by Crippen LogP contribution is 2.23. The summed E-state index contributed by atoms with van der Waals surface area (Å²) in [6.07, 6.45) is -2.77. The van der Waals surface area contributed by atoms with Crippen LogP contribution in [-0.2, 0) is 16.0 Å². The molecule has 198 valence electrons. The Balaban J connectivity index is 2.01. The molecule has 0 bridgehead atoms. The van der Waals surface area contributed by atoms with Crippen molar-refractivity contribution in [2.45, 2.75) is 50.7 Å². The van der Waals surface area contributed by atoms with Gasteiger partial charge in [0.1, 0.15) is 6.61 Å². The predicted octanol–water partition coefficient (Wildman–Crippen LogP) is 3.89. The lowest BCUT2D eigenvalue weighted by atomic mass is 9.92. The number of ketones is 1. The zero-order chi connectivity index (χ0) is 27.6. The summed E-state index contributed by atoms with van der Waals surface area (Å²) in [5, 5.41) is 11.6. The maximum Gasteiger partial charge on any atom is 0.389 e. The van der Waals surface area contributed by atoms with Gasteiger partial charge in [-0.2, -0.15) is 13.2 Å². The Hall–Kier alpha value is -3.64. The fraction of sp³-hybridized carbons (Fsp3) is 0.393. The monoisotopic (exact) mass is 516 g/mol. The number of hydrogen-bond acceptors (Lipinski definition) is 4. The number of aliphatic hydroxyl groups is 1. The quantitative estimate of drug-likeness (QED) is 0.285. The summed E-state index contributed by atoms with van der Waals surface area (Å²) < 4.78 is 36.6. The van der Waals surface area contributed by atoms with Gasteiger partial charge in [-0.25, -0.2) is 0 Å². The molecule has 2 N–H and O–H groups in total. The van der Waals surface area contributed by atoms with E-state index in [-0.39, 0.29) is 12.0 Å². The van der Waals surface area contributed by atoms with Crippen LogP contribution < -0.4 is 5.32 Å². The molecule has 0 saturated carbocycles. The van der Waals surface area contributed by atoms with E-state index in [1.807, 2.05) is 24.3 Å². The number of aryl methyl sites for hydroxylation is 1. The van der Waals surface area contributed by atoms with Gasteiger partial charge < -0.3 is 15.3 Å². The third-order valence-corrected chi connectivity index (χ3v) is 6.19. The topological polar surface area (TPSA) is 86.7 Å². The third-order valence-electron chi connectivity index (χ3n) is 6.19. The number of aliphatic hydroxyl groups excluding tert-OH is 1. The minimum atomic E-state index is -4.10. The number of halogens is 3. The maximum atomic E-state index is 12.9. The number of carbonyl (C=O) groups is 3. The predicted molar refractivity (Wildman–Crippen MR) is 134 cm³/mol. The Bertz CT molecular complexity index is 1130. The van der Waals surface area contributed by atoms with Crippen molar-refractivity contribution in [1.82, 2.24) is 10.2 Å². The largest absolute Gasteiger partial charge is 0.389 e. The van der Waals surface area contributed by atoms with Crippen LogP contribution >= 0.6 is 0 Å². The first-order chi connectivity index (χ1) is 17.4. The molecule has 0 heterocycles. The average molecular weight is 517 g/mol. The van der Waals surface area contributed by atoms with E-state index in [0.29, 0.717) is 24.8 Å². The van der Waals surface area contributed by atoms with Crippen molar-refractivity contribution < 1.29 is 32.7 Å². The number of nitrogens with one attached hydrogen (secondary N) is 1. The van der Waals surface area contributed by atoms with Crippen molar-refractivity contribution in [3.05, 3.63) is 70.8 Å². The Morgan fingerprint density at radius 3 is 1.95 bits per heavy atom. The number of unbranched alkanes of at least 4 members (excludes halogenated alkanes) is 2. The molecule has 0 radical (unpaired) electrons. The van der Waals surface area contributed by atoms with Crippen LogP contribution in [0.15, 0.2) is 48.5 Å². The summed E-state index contributed by atoms with van der Waals surface area (Å²) in [6.45, 7) is 0.389. The number of benzene rings is 2. The molecule has 0 fully saturated rings. The second-order valence-electron chi connectivity index (χ2n) is 8.80. The number of Topliss-reactive ketones (excluding diaryl/α,β-unsaturated/α-hetero) is 1. The third kappa shape index (κ3) is 8.19. The van der Waals surface area contributed by atoms with Gasteiger partial charge in [-0.3, -0.25) is 14.4 Å². The van der Waals surface area contributed by atoms with Crippen molar-refractivity contribution in [2.75, 3.05) is 20.7 Å².